The first kappa shape index (κ1) is 18.5. The molecule has 0 radical (unpaired) electrons. The van der Waals surface area contributed by atoms with Gasteiger partial charge in [-0.3, -0.25) is 9.59 Å². The van der Waals surface area contributed by atoms with Crippen LogP contribution in [0.15, 0.2) is 18.2 Å². The number of nitrogens with zero attached hydrogens (tertiary/aromatic N) is 1. The summed E-state index contributed by atoms with van der Waals surface area (Å²) in [5, 5.41) is 3.16. The summed E-state index contributed by atoms with van der Waals surface area (Å²) in [4.78, 5) is 26.3. The van der Waals surface area contributed by atoms with Crippen LogP contribution in [0.4, 0.5) is 13.2 Å². The molecule has 30 heavy (non-hydrogen) atoms. The number of rotatable bonds is 1. The number of hydrogen-bond acceptors (Lipinski definition) is 3. The topological polar surface area (TPSA) is 58.6 Å². The van der Waals surface area contributed by atoms with Gasteiger partial charge in [-0.15, -0.1) is 0 Å². The van der Waals surface area contributed by atoms with Crippen molar-refractivity contribution >= 4 is 11.8 Å². The molecule has 2 aliphatic heterocycles. The van der Waals surface area contributed by atoms with Gasteiger partial charge in [-0.1, -0.05) is 6.07 Å². The molecule has 1 N–H and O–H groups in total. The molecule has 8 heteroatoms. The Morgan fingerprint density at radius 2 is 2.10 bits per heavy atom. The van der Waals surface area contributed by atoms with Gasteiger partial charge in [-0.2, -0.15) is 13.2 Å². The van der Waals surface area contributed by atoms with Crippen LogP contribution in [0.2, 0.25) is 0 Å². The zero-order valence-corrected chi connectivity index (χ0v) is 16.6. The van der Waals surface area contributed by atoms with Gasteiger partial charge in [0.25, 0.3) is 0 Å². The summed E-state index contributed by atoms with van der Waals surface area (Å²) >= 11 is 0. The predicted octanol–water partition coefficient (Wildman–Crippen LogP) is 2.57. The second-order valence-corrected chi connectivity index (χ2v) is 9.61. The Kier molecular flexibility index (Phi) is 3.40. The van der Waals surface area contributed by atoms with Crippen LogP contribution in [0.25, 0.3) is 0 Å². The average Bonchev–Trinajstić information content (AvgIpc) is 3.13. The molecular weight excluding hydrogens is 397 g/mol. The van der Waals surface area contributed by atoms with Crippen LogP contribution in [0.5, 0.6) is 5.75 Å². The molecule has 160 valence electrons. The largest absolute Gasteiger partial charge is 0.497 e. The number of nitrogens with one attached hydrogen (secondary N) is 1. The number of amides is 2. The Hall–Kier alpha value is -2.25. The number of methoxy groups -OCH3 is 1. The number of piperidine rings is 1. The van der Waals surface area contributed by atoms with E-state index in [2.05, 4.69) is 5.32 Å². The number of hydrogen-bond donors (Lipinski definition) is 1. The lowest BCUT2D eigenvalue weighted by Crippen LogP contribution is -2.71. The second kappa shape index (κ2) is 5.51. The van der Waals surface area contributed by atoms with Gasteiger partial charge in [0.15, 0.2) is 0 Å². The minimum Gasteiger partial charge on any atom is -0.497 e. The molecule has 4 bridgehead atoms. The number of carbonyl (C=O) groups excluding carboxylic acids is 2. The van der Waals surface area contributed by atoms with Crippen molar-refractivity contribution in [3.05, 3.63) is 29.3 Å². The Morgan fingerprint density at radius 1 is 1.30 bits per heavy atom. The predicted molar refractivity (Wildman–Crippen MR) is 99.7 cm³/mol. The maximum absolute atomic E-state index is 13.5. The third kappa shape index (κ3) is 1.92. The van der Waals surface area contributed by atoms with Crippen molar-refractivity contribution in [1.82, 2.24) is 10.2 Å². The number of halogens is 3. The van der Waals surface area contributed by atoms with E-state index < -0.39 is 29.0 Å². The highest BCUT2D eigenvalue weighted by molar-refractivity contribution is 5.85. The summed E-state index contributed by atoms with van der Waals surface area (Å²) < 4.78 is 45.8. The monoisotopic (exact) mass is 420 g/mol. The molecule has 4 fully saturated rings. The summed E-state index contributed by atoms with van der Waals surface area (Å²) in [5.41, 5.74) is 1.23. The van der Waals surface area contributed by atoms with Crippen molar-refractivity contribution in [1.29, 1.82) is 0 Å². The fourth-order valence-corrected chi connectivity index (χ4v) is 8.17. The molecule has 2 amide bonds. The SMILES string of the molecule is COc1ccc2c(c1)[C@]13CCN(C(=O)C(F)(F)F)[C@H](C2)[C@]12CCC1NC(=O)[C@@H](C2)C13. The highest BCUT2D eigenvalue weighted by Gasteiger charge is 2.77. The fraction of sp³-hybridized carbons (Fsp3) is 0.636. The van der Waals surface area contributed by atoms with E-state index >= 15 is 0 Å². The van der Waals surface area contributed by atoms with Gasteiger partial charge in [-0.25, -0.2) is 0 Å². The number of benzene rings is 1. The maximum atomic E-state index is 13.5. The number of fused-ring (bicyclic) bond motifs is 1. The molecule has 3 aliphatic carbocycles. The average molecular weight is 420 g/mol. The molecule has 1 aromatic carbocycles. The molecule has 0 spiro atoms. The molecular formula is C22H23F3N2O3. The summed E-state index contributed by atoms with van der Waals surface area (Å²) in [6.45, 7) is 0.0749. The molecule has 1 aromatic rings. The van der Waals surface area contributed by atoms with Gasteiger partial charge in [0, 0.05) is 41.3 Å². The van der Waals surface area contributed by atoms with E-state index in [0.29, 0.717) is 19.3 Å². The first-order valence-corrected chi connectivity index (χ1v) is 10.6. The normalized spacial score (nSPS) is 40.5. The third-order valence-electron chi connectivity index (χ3n) is 8.95. The molecule has 0 aromatic heterocycles. The lowest BCUT2D eigenvalue weighted by atomic mass is 9.43. The van der Waals surface area contributed by atoms with Crippen LogP contribution in [0.3, 0.4) is 0 Å². The molecule has 2 heterocycles. The quantitative estimate of drug-likeness (QED) is 0.760. The second-order valence-electron chi connectivity index (χ2n) is 9.61. The third-order valence-corrected chi connectivity index (χ3v) is 8.95. The van der Waals surface area contributed by atoms with Crippen LogP contribution >= 0.6 is 0 Å². The molecule has 2 unspecified atom stereocenters. The van der Waals surface area contributed by atoms with Crippen LogP contribution < -0.4 is 10.1 Å². The van der Waals surface area contributed by atoms with Gasteiger partial charge in [-0.05, 0) is 55.4 Å². The number of carbonyl (C=O) groups is 2. The molecule has 2 saturated carbocycles. The molecule has 6 atom stereocenters. The summed E-state index contributed by atoms with van der Waals surface area (Å²) in [6, 6.07) is 5.33. The first-order chi connectivity index (χ1) is 14.2. The molecule has 5 nitrogen and oxygen atoms in total. The van der Waals surface area contributed by atoms with Crippen LogP contribution in [0.1, 0.15) is 36.8 Å². The smallest absolute Gasteiger partial charge is 0.471 e. The van der Waals surface area contributed by atoms with Gasteiger partial charge >= 0.3 is 12.1 Å². The minimum atomic E-state index is -4.89. The van der Waals surface area contributed by atoms with Crippen molar-refractivity contribution in [3.63, 3.8) is 0 Å². The maximum Gasteiger partial charge on any atom is 0.471 e. The van der Waals surface area contributed by atoms with Gasteiger partial charge < -0.3 is 15.0 Å². The Bertz CT molecular complexity index is 979. The number of alkyl halides is 3. The lowest BCUT2D eigenvalue weighted by Gasteiger charge is -2.65. The minimum absolute atomic E-state index is 0.0247. The van der Waals surface area contributed by atoms with Crippen molar-refractivity contribution in [2.75, 3.05) is 13.7 Å². The zero-order valence-electron chi connectivity index (χ0n) is 16.6. The van der Waals surface area contributed by atoms with E-state index in [1.165, 1.54) is 0 Å². The molecule has 2 saturated heterocycles. The first-order valence-electron chi connectivity index (χ1n) is 10.6. The van der Waals surface area contributed by atoms with Crippen LogP contribution in [-0.4, -0.2) is 48.6 Å². The number of likely N-dealkylation sites (tertiary alicyclic amines) is 1. The van der Waals surface area contributed by atoms with Gasteiger partial charge in [0.05, 0.1) is 7.11 Å². The Labute approximate surface area is 171 Å². The van der Waals surface area contributed by atoms with E-state index in [4.69, 9.17) is 4.74 Å². The number of ether oxygens (including phenoxy) is 1. The van der Waals surface area contributed by atoms with Crippen molar-refractivity contribution < 1.29 is 27.5 Å². The van der Waals surface area contributed by atoms with Crippen LogP contribution in [0, 0.1) is 17.3 Å². The van der Waals surface area contributed by atoms with E-state index in [1.807, 2.05) is 18.2 Å². The molecule has 6 rings (SSSR count). The summed E-state index contributed by atoms with van der Waals surface area (Å²) in [5.74, 6) is -1.12. The van der Waals surface area contributed by atoms with E-state index in [-0.39, 0.29) is 30.3 Å². The van der Waals surface area contributed by atoms with Gasteiger partial charge in [0.1, 0.15) is 5.75 Å². The van der Waals surface area contributed by atoms with E-state index in [9.17, 15) is 22.8 Å². The van der Waals surface area contributed by atoms with Crippen molar-refractivity contribution in [2.24, 2.45) is 17.3 Å². The van der Waals surface area contributed by atoms with E-state index in [0.717, 1.165) is 34.6 Å². The van der Waals surface area contributed by atoms with Crippen molar-refractivity contribution in [2.45, 2.75) is 55.8 Å². The lowest BCUT2D eigenvalue weighted by molar-refractivity contribution is -0.199. The summed E-state index contributed by atoms with van der Waals surface area (Å²) in [6.07, 6.45) is -1.98. The zero-order chi connectivity index (χ0) is 21.1. The Balaban J connectivity index is 1.59. The fourth-order valence-electron chi connectivity index (χ4n) is 8.17. The highest BCUT2D eigenvalue weighted by Crippen LogP contribution is 2.74. The van der Waals surface area contributed by atoms with Crippen LogP contribution in [-0.2, 0) is 21.4 Å². The molecule has 5 aliphatic rings. The van der Waals surface area contributed by atoms with Gasteiger partial charge in [0.2, 0.25) is 5.91 Å². The van der Waals surface area contributed by atoms with Crippen molar-refractivity contribution in [3.8, 4) is 5.75 Å². The summed E-state index contributed by atoms with van der Waals surface area (Å²) in [7, 11) is 1.61. The highest BCUT2D eigenvalue weighted by atomic mass is 19.4. The standard InChI is InChI=1S/C22H23F3N2O3/c1-30-12-3-2-11-8-16-20-5-4-15-17(13(10-20)18(28)26-15)21(20,14(11)9-12)6-7-27(16)19(29)22(23,24)25/h2-3,9,13,15-17H,4-8,10H2,1H3,(H,26,28)/t13-,15?,16+,17?,20+,21-/m0/s1. The Morgan fingerprint density at radius 3 is 2.83 bits per heavy atom. The van der Waals surface area contributed by atoms with E-state index in [1.54, 1.807) is 7.11 Å².